The molecule has 0 amide bonds. The number of aliphatic carboxylic acids is 1. The molecule has 0 radical (unpaired) electrons. The number of halogens is 1. The lowest BCUT2D eigenvalue weighted by Crippen LogP contribution is -2.13. The highest BCUT2D eigenvalue weighted by Gasteiger charge is 2.20. The minimum atomic E-state index is -3.90. The zero-order valence-corrected chi connectivity index (χ0v) is 12.2. The molecular weight excluding hydrogens is 326 g/mol. The molecule has 7 nitrogen and oxygen atoms in total. The van der Waals surface area contributed by atoms with Crippen molar-refractivity contribution in [2.24, 2.45) is 0 Å². The van der Waals surface area contributed by atoms with Crippen molar-refractivity contribution in [3.05, 3.63) is 34.6 Å². The van der Waals surface area contributed by atoms with Crippen LogP contribution in [0.25, 0.3) is 0 Å². The normalized spacial score (nSPS) is 11.2. The van der Waals surface area contributed by atoms with Crippen molar-refractivity contribution in [1.29, 1.82) is 0 Å². The molecule has 0 aromatic carbocycles. The van der Waals surface area contributed by atoms with E-state index in [1.165, 1.54) is 23.7 Å². The van der Waals surface area contributed by atoms with Gasteiger partial charge in [-0.3, -0.25) is 9.52 Å². The molecule has 0 saturated heterocycles. The number of aromatic nitrogens is 2. The van der Waals surface area contributed by atoms with Crippen LogP contribution in [-0.4, -0.2) is 29.5 Å². The van der Waals surface area contributed by atoms with Crippen molar-refractivity contribution in [1.82, 2.24) is 9.97 Å². The number of carboxylic acids is 1. The minimum Gasteiger partial charge on any atom is -0.481 e. The summed E-state index contributed by atoms with van der Waals surface area (Å²) in [6.07, 6.45) is 1.10. The monoisotopic (exact) mass is 333 g/mol. The third-order valence-electron chi connectivity index (χ3n) is 2.12. The molecule has 2 N–H and O–H groups in total. The van der Waals surface area contributed by atoms with E-state index in [1.54, 1.807) is 0 Å². The fourth-order valence-corrected chi connectivity index (χ4v) is 3.75. The van der Waals surface area contributed by atoms with E-state index in [0.717, 1.165) is 11.3 Å². The first-order valence-corrected chi connectivity index (χ1v) is 7.92. The number of carbonyl (C=O) groups is 1. The number of hydrogen-bond acceptors (Lipinski definition) is 6. The number of sulfonamides is 1. The van der Waals surface area contributed by atoms with Crippen molar-refractivity contribution in [3.63, 3.8) is 0 Å². The van der Waals surface area contributed by atoms with Crippen molar-refractivity contribution in [3.8, 4) is 0 Å². The third-order valence-corrected chi connectivity index (χ3v) is 4.84. The maximum absolute atomic E-state index is 12.1. The molecule has 106 valence electrons. The molecule has 0 unspecified atom stereocenters. The summed E-state index contributed by atoms with van der Waals surface area (Å²) in [5.74, 6) is -1.04. The van der Waals surface area contributed by atoms with Crippen molar-refractivity contribution >= 4 is 44.1 Å². The predicted molar refractivity (Wildman–Crippen MR) is 73.5 cm³/mol. The summed E-state index contributed by atoms with van der Waals surface area (Å²) >= 11 is 6.71. The molecule has 2 aromatic heterocycles. The zero-order chi connectivity index (χ0) is 14.8. The van der Waals surface area contributed by atoms with Gasteiger partial charge in [-0.2, -0.15) is 0 Å². The van der Waals surface area contributed by atoms with Crippen LogP contribution in [0.2, 0.25) is 5.15 Å². The van der Waals surface area contributed by atoms with Crippen LogP contribution in [0.1, 0.15) is 5.69 Å². The molecule has 0 aliphatic heterocycles. The molecule has 0 atom stereocenters. The Labute approximate surface area is 123 Å². The first kappa shape index (κ1) is 14.7. The van der Waals surface area contributed by atoms with E-state index in [4.69, 9.17) is 16.7 Å². The van der Waals surface area contributed by atoms with Gasteiger partial charge in [0.2, 0.25) is 0 Å². The number of nitrogens with zero attached hydrogens (tertiary/aromatic N) is 2. The highest BCUT2D eigenvalue weighted by atomic mass is 35.5. The average molecular weight is 334 g/mol. The third kappa shape index (κ3) is 3.44. The lowest BCUT2D eigenvalue weighted by molar-refractivity contribution is -0.136. The van der Waals surface area contributed by atoms with E-state index in [-0.39, 0.29) is 27.3 Å². The summed E-state index contributed by atoms with van der Waals surface area (Å²) in [7, 11) is -3.90. The molecule has 20 heavy (non-hydrogen) atoms. The number of thiazole rings is 1. The fourth-order valence-electron chi connectivity index (χ4n) is 1.33. The van der Waals surface area contributed by atoms with Gasteiger partial charge < -0.3 is 5.11 Å². The van der Waals surface area contributed by atoms with Crippen LogP contribution in [-0.2, 0) is 21.2 Å². The quantitative estimate of drug-likeness (QED) is 0.805. The number of nitrogens with one attached hydrogen (secondary N) is 1. The van der Waals surface area contributed by atoms with Crippen molar-refractivity contribution in [2.45, 2.75) is 11.3 Å². The highest BCUT2D eigenvalue weighted by molar-refractivity contribution is 7.93. The van der Waals surface area contributed by atoms with Gasteiger partial charge in [-0.1, -0.05) is 11.6 Å². The Morgan fingerprint density at radius 1 is 1.50 bits per heavy atom. The molecule has 2 aromatic rings. The van der Waals surface area contributed by atoms with E-state index >= 15 is 0 Å². The van der Waals surface area contributed by atoms with E-state index in [1.807, 2.05) is 0 Å². The maximum atomic E-state index is 12.1. The molecule has 0 fully saturated rings. The second kappa shape index (κ2) is 5.73. The van der Waals surface area contributed by atoms with Gasteiger partial charge in [0.25, 0.3) is 10.0 Å². The summed E-state index contributed by atoms with van der Waals surface area (Å²) < 4.78 is 26.4. The SMILES string of the molecule is O=C(O)Cc1csc(NS(=O)(=O)c2cccnc2Cl)n1. The van der Waals surface area contributed by atoms with Crippen LogP contribution >= 0.6 is 22.9 Å². The Balaban J connectivity index is 2.23. The molecule has 2 heterocycles. The van der Waals surface area contributed by atoms with Crippen LogP contribution < -0.4 is 4.72 Å². The predicted octanol–water partition coefficient (Wildman–Crippen LogP) is 1.62. The smallest absolute Gasteiger partial charge is 0.309 e. The number of hydrogen-bond donors (Lipinski definition) is 2. The maximum Gasteiger partial charge on any atom is 0.309 e. The first-order valence-electron chi connectivity index (χ1n) is 5.18. The van der Waals surface area contributed by atoms with Gasteiger partial charge in [0.15, 0.2) is 5.13 Å². The lowest BCUT2D eigenvalue weighted by atomic mass is 10.3. The van der Waals surface area contributed by atoms with Crippen LogP contribution in [0.3, 0.4) is 0 Å². The molecular formula is C10H8ClN3O4S2. The van der Waals surface area contributed by atoms with Crippen LogP contribution in [0.15, 0.2) is 28.6 Å². The van der Waals surface area contributed by atoms with Gasteiger partial charge in [0, 0.05) is 11.6 Å². The van der Waals surface area contributed by atoms with Gasteiger partial charge in [0.05, 0.1) is 12.1 Å². The Bertz CT molecular complexity index is 744. The number of rotatable bonds is 5. The van der Waals surface area contributed by atoms with Crippen LogP contribution in [0.4, 0.5) is 5.13 Å². The van der Waals surface area contributed by atoms with E-state index in [9.17, 15) is 13.2 Å². The fraction of sp³-hybridized carbons (Fsp3) is 0.100. The van der Waals surface area contributed by atoms with Crippen LogP contribution in [0.5, 0.6) is 0 Å². The Hall–Kier alpha value is -1.71. The van der Waals surface area contributed by atoms with Gasteiger partial charge >= 0.3 is 5.97 Å². The second-order valence-corrected chi connectivity index (χ2v) is 6.48. The average Bonchev–Trinajstić information content (AvgIpc) is 2.75. The number of anilines is 1. The van der Waals surface area contributed by atoms with Crippen molar-refractivity contribution < 1.29 is 18.3 Å². The summed E-state index contributed by atoms with van der Waals surface area (Å²) in [5.41, 5.74) is 0.275. The van der Waals surface area contributed by atoms with E-state index in [2.05, 4.69) is 14.7 Å². The molecule has 0 saturated carbocycles. The Morgan fingerprint density at radius 2 is 2.25 bits per heavy atom. The topological polar surface area (TPSA) is 109 Å². The summed E-state index contributed by atoms with van der Waals surface area (Å²) in [4.78, 5) is 17.9. The largest absolute Gasteiger partial charge is 0.481 e. The molecule has 0 spiro atoms. The molecule has 10 heteroatoms. The summed E-state index contributed by atoms with van der Waals surface area (Å²) in [6, 6.07) is 2.75. The van der Waals surface area contributed by atoms with Gasteiger partial charge in [0.1, 0.15) is 10.0 Å². The van der Waals surface area contributed by atoms with E-state index in [0.29, 0.717) is 0 Å². The first-order chi connectivity index (χ1) is 9.38. The van der Waals surface area contributed by atoms with Gasteiger partial charge in [-0.25, -0.2) is 18.4 Å². The molecule has 0 bridgehead atoms. The lowest BCUT2D eigenvalue weighted by Gasteiger charge is -2.05. The number of carboxylic acid groups (broad SMARTS) is 1. The van der Waals surface area contributed by atoms with Crippen molar-refractivity contribution in [2.75, 3.05) is 4.72 Å². The number of pyridine rings is 1. The van der Waals surface area contributed by atoms with Crippen LogP contribution in [0, 0.1) is 0 Å². The highest BCUT2D eigenvalue weighted by Crippen LogP contribution is 2.23. The van der Waals surface area contributed by atoms with E-state index < -0.39 is 16.0 Å². The standard InChI is InChI=1S/C10H8ClN3O4S2/c11-9-7(2-1-3-12-9)20(17,18)14-10-13-6(5-19-10)4-8(15)16/h1-3,5H,4H2,(H,13,14)(H,15,16). The molecule has 2 rings (SSSR count). The second-order valence-electron chi connectivity index (χ2n) is 3.61. The summed E-state index contributed by atoms with van der Waals surface area (Å²) in [6.45, 7) is 0. The zero-order valence-electron chi connectivity index (χ0n) is 9.78. The molecule has 0 aliphatic rings. The Morgan fingerprint density at radius 3 is 2.90 bits per heavy atom. The molecule has 0 aliphatic carbocycles. The van der Waals surface area contributed by atoms with Gasteiger partial charge in [-0.15, -0.1) is 11.3 Å². The minimum absolute atomic E-state index is 0.0705. The van der Waals surface area contributed by atoms with Gasteiger partial charge in [-0.05, 0) is 12.1 Å². The Kier molecular flexibility index (Phi) is 4.21. The summed E-state index contributed by atoms with van der Waals surface area (Å²) in [5, 5.41) is 10.0.